The Labute approximate surface area is 168 Å². The number of carbonyl (C=O) groups excluding carboxylic acids is 2. The Kier molecular flexibility index (Phi) is 7.45. The van der Waals surface area contributed by atoms with Crippen molar-refractivity contribution in [3.8, 4) is 0 Å². The Morgan fingerprint density at radius 2 is 2.14 bits per heavy atom. The second-order valence-corrected chi connectivity index (χ2v) is 6.20. The van der Waals surface area contributed by atoms with Crippen molar-refractivity contribution < 1.29 is 18.7 Å². The van der Waals surface area contributed by atoms with Crippen LogP contribution in [-0.4, -0.2) is 36.5 Å². The van der Waals surface area contributed by atoms with Crippen LogP contribution in [0.3, 0.4) is 0 Å². The number of aryl methyl sites for hydroxylation is 1. The van der Waals surface area contributed by atoms with E-state index in [1.807, 2.05) is 6.92 Å². The van der Waals surface area contributed by atoms with Crippen LogP contribution in [0.25, 0.3) is 0 Å². The molecule has 9 heteroatoms. The molecule has 150 valence electrons. The van der Waals surface area contributed by atoms with Crippen molar-refractivity contribution in [1.82, 2.24) is 10.3 Å². The Bertz CT molecular complexity index is 872. The third-order valence-corrected chi connectivity index (χ3v) is 4.29. The van der Waals surface area contributed by atoms with Crippen LogP contribution >= 0.6 is 12.4 Å². The second kappa shape index (κ2) is 9.59. The number of nitrogens with one attached hydrogen (secondary N) is 2. The van der Waals surface area contributed by atoms with Gasteiger partial charge in [-0.3, -0.25) is 9.59 Å². The number of hydrogen-bond donors (Lipinski definition) is 3. The molecule has 2 amide bonds. The van der Waals surface area contributed by atoms with Gasteiger partial charge in [-0.05, 0) is 30.7 Å². The number of anilines is 1. The summed E-state index contributed by atoms with van der Waals surface area (Å²) in [7, 11) is 0. The molecule has 0 bridgehead atoms. The summed E-state index contributed by atoms with van der Waals surface area (Å²) < 4.78 is 20.0. The molecule has 4 N–H and O–H groups in total. The zero-order valence-corrected chi connectivity index (χ0v) is 16.1. The molecule has 1 aromatic heterocycles. The van der Waals surface area contributed by atoms with Gasteiger partial charge in [0.1, 0.15) is 11.5 Å². The molecule has 0 radical (unpaired) electrons. The zero-order valence-electron chi connectivity index (χ0n) is 15.3. The number of amides is 2. The number of ether oxygens (including phenoxy) is 1. The highest BCUT2D eigenvalue weighted by Gasteiger charge is 2.20. The number of primary amides is 1. The number of nitrogens with zero attached hydrogens (tertiary/aromatic N) is 1. The van der Waals surface area contributed by atoms with E-state index in [1.165, 1.54) is 12.1 Å². The molecular formula is C19H22ClFN4O3. The summed E-state index contributed by atoms with van der Waals surface area (Å²) >= 11 is 0. The maximum absolute atomic E-state index is 14.4. The molecule has 28 heavy (non-hydrogen) atoms. The molecule has 1 saturated heterocycles. The topological polar surface area (TPSA) is 106 Å². The van der Waals surface area contributed by atoms with Crippen LogP contribution in [0.4, 0.5) is 10.1 Å². The van der Waals surface area contributed by atoms with Gasteiger partial charge in [-0.2, -0.15) is 0 Å². The number of aromatic nitrogens is 1. The van der Waals surface area contributed by atoms with Gasteiger partial charge in [0.2, 0.25) is 0 Å². The SMILES string of the molecule is CCc1cc(C(=O)Nc2ccc(C3CNCCO3)c(F)c2)cc(C(N)=O)n1.Cl. The van der Waals surface area contributed by atoms with E-state index < -0.39 is 17.6 Å². The number of halogens is 2. The van der Waals surface area contributed by atoms with Gasteiger partial charge in [0.15, 0.2) is 0 Å². The number of morpholine rings is 1. The zero-order chi connectivity index (χ0) is 19.4. The molecule has 3 rings (SSSR count). The van der Waals surface area contributed by atoms with Crippen molar-refractivity contribution in [2.75, 3.05) is 25.0 Å². The lowest BCUT2D eigenvalue weighted by atomic mass is 10.1. The summed E-state index contributed by atoms with van der Waals surface area (Å²) in [5.41, 5.74) is 6.83. The molecule has 1 aliphatic rings. The predicted molar refractivity (Wildman–Crippen MR) is 105 cm³/mol. The maximum atomic E-state index is 14.4. The minimum atomic E-state index is -0.712. The highest BCUT2D eigenvalue weighted by molar-refractivity contribution is 6.05. The van der Waals surface area contributed by atoms with Gasteiger partial charge in [0.25, 0.3) is 11.8 Å². The smallest absolute Gasteiger partial charge is 0.267 e. The first-order valence-electron chi connectivity index (χ1n) is 8.71. The van der Waals surface area contributed by atoms with Gasteiger partial charge in [-0.15, -0.1) is 12.4 Å². The molecular weight excluding hydrogens is 387 g/mol. The molecule has 0 spiro atoms. The van der Waals surface area contributed by atoms with Gasteiger partial charge < -0.3 is 21.1 Å². The fourth-order valence-electron chi connectivity index (χ4n) is 2.86. The van der Waals surface area contributed by atoms with Crippen molar-refractivity contribution in [3.63, 3.8) is 0 Å². The predicted octanol–water partition coefficient (Wildman–Crippen LogP) is 2.22. The standard InChI is InChI=1S/C19H21FN4O3.ClH/c1-2-12-7-11(8-16(23-12)18(21)25)19(26)24-13-3-4-14(15(20)9-13)17-10-22-5-6-27-17;/h3-4,7-9,17,22H,2,5-6,10H2,1H3,(H2,21,25)(H,24,26);1H. The molecule has 2 heterocycles. The van der Waals surface area contributed by atoms with Crippen LogP contribution in [0.5, 0.6) is 0 Å². The lowest BCUT2D eigenvalue weighted by Gasteiger charge is -2.24. The molecule has 1 atom stereocenters. The summed E-state index contributed by atoms with van der Waals surface area (Å²) in [4.78, 5) is 28.0. The monoisotopic (exact) mass is 408 g/mol. The van der Waals surface area contributed by atoms with Gasteiger partial charge in [0, 0.05) is 35.6 Å². The van der Waals surface area contributed by atoms with Gasteiger partial charge in [-0.1, -0.05) is 13.0 Å². The molecule has 1 unspecified atom stereocenters. The minimum absolute atomic E-state index is 0. The molecule has 1 fully saturated rings. The Morgan fingerprint density at radius 1 is 1.36 bits per heavy atom. The normalized spacial score (nSPS) is 16.1. The van der Waals surface area contributed by atoms with Crippen LogP contribution in [-0.2, 0) is 11.2 Å². The molecule has 1 aliphatic heterocycles. The lowest BCUT2D eigenvalue weighted by molar-refractivity contribution is 0.0255. The van der Waals surface area contributed by atoms with E-state index in [4.69, 9.17) is 10.5 Å². The summed E-state index contributed by atoms with van der Waals surface area (Å²) in [6.07, 6.45) is 0.189. The van der Waals surface area contributed by atoms with Crippen LogP contribution in [0.2, 0.25) is 0 Å². The van der Waals surface area contributed by atoms with E-state index in [2.05, 4.69) is 15.6 Å². The summed E-state index contributed by atoms with van der Waals surface area (Å²) in [5.74, 6) is -1.64. The van der Waals surface area contributed by atoms with E-state index in [9.17, 15) is 14.0 Å². The highest BCUT2D eigenvalue weighted by atomic mass is 35.5. The number of rotatable bonds is 5. The molecule has 0 aliphatic carbocycles. The fourth-order valence-corrected chi connectivity index (χ4v) is 2.86. The summed E-state index contributed by atoms with van der Waals surface area (Å²) in [5, 5.41) is 5.78. The molecule has 2 aromatic rings. The number of nitrogens with two attached hydrogens (primary N) is 1. The van der Waals surface area contributed by atoms with Crippen molar-refractivity contribution >= 4 is 29.9 Å². The molecule has 0 saturated carbocycles. The second-order valence-electron chi connectivity index (χ2n) is 6.20. The lowest BCUT2D eigenvalue weighted by Crippen LogP contribution is -2.33. The largest absolute Gasteiger partial charge is 0.371 e. The fraction of sp³-hybridized carbons (Fsp3) is 0.316. The van der Waals surface area contributed by atoms with Crippen LogP contribution in [0, 0.1) is 5.82 Å². The van der Waals surface area contributed by atoms with Gasteiger partial charge in [0.05, 0.1) is 12.7 Å². The molecule has 7 nitrogen and oxygen atoms in total. The first-order valence-corrected chi connectivity index (χ1v) is 8.71. The van der Waals surface area contributed by atoms with E-state index in [-0.39, 0.29) is 29.8 Å². The Morgan fingerprint density at radius 3 is 2.75 bits per heavy atom. The van der Waals surface area contributed by atoms with Crippen molar-refractivity contribution in [2.45, 2.75) is 19.4 Å². The van der Waals surface area contributed by atoms with E-state index in [0.29, 0.717) is 36.5 Å². The first kappa shape index (κ1) is 21.7. The van der Waals surface area contributed by atoms with Gasteiger partial charge in [-0.25, -0.2) is 9.37 Å². The Hall–Kier alpha value is -2.55. The number of benzene rings is 1. The third kappa shape index (κ3) is 5.03. The number of hydrogen-bond acceptors (Lipinski definition) is 5. The highest BCUT2D eigenvalue weighted by Crippen LogP contribution is 2.24. The first-order chi connectivity index (χ1) is 13.0. The van der Waals surface area contributed by atoms with Crippen LogP contribution < -0.4 is 16.4 Å². The average molecular weight is 409 g/mol. The number of carbonyl (C=O) groups is 2. The Balaban J connectivity index is 0.00000280. The minimum Gasteiger partial charge on any atom is -0.371 e. The van der Waals surface area contributed by atoms with Crippen molar-refractivity contribution in [1.29, 1.82) is 0 Å². The van der Waals surface area contributed by atoms with Crippen LogP contribution in [0.1, 0.15) is 45.1 Å². The van der Waals surface area contributed by atoms with Crippen molar-refractivity contribution in [3.05, 3.63) is 58.7 Å². The summed E-state index contributed by atoms with van der Waals surface area (Å²) in [6, 6.07) is 7.37. The van der Waals surface area contributed by atoms with Crippen LogP contribution in [0.15, 0.2) is 30.3 Å². The number of pyridine rings is 1. The van der Waals surface area contributed by atoms with E-state index in [1.54, 1.807) is 18.2 Å². The van der Waals surface area contributed by atoms with E-state index >= 15 is 0 Å². The van der Waals surface area contributed by atoms with Crippen molar-refractivity contribution in [2.24, 2.45) is 5.73 Å². The molecule has 1 aromatic carbocycles. The quantitative estimate of drug-likeness (QED) is 0.703. The maximum Gasteiger partial charge on any atom is 0.267 e. The third-order valence-electron chi connectivity index (χ3n) is 4.29. The van der Waals surface area contributed by atoms with Gasteiger partial charge >= 0.3 is 0 Å². The average Bonchev–Trinajstić information content (AvgIpc) is 2.68. The summed E-state index contributed by atoms with van der Waals surface area (Å²) in [6.45, 7) is 3.65. The van der Waals surface area contributed by atoms with E-state index in [0.717, 1.165) is 6.54 Å².